The third-order valence-electron chi connectivity index (χ3n) is 3.11. The highest BCUT2D eigenvalue weighted by Crippen LogP contribution is 2.37. The first kappa shape index (κ1) is 18.1. The molecule has 128 valence electrons. The zero-order chi connectivity index (χ0) is 17.7. The van der Waals surface area contributed by atoms with Crippen LogP contribution in [0, 0.1) is 0 Å². The van der Waals surface area contributed by atoms with E-state index in [1.165, 1.54) is 30.5 Å². The first-order chi connectivity index (χ1) is 11.3. The van der Waals surface area contributed by atoms with Crippen molar-refractivity contribution >= 4 is 29.0 Å². The van der Waals surface area contributed by atoms with Gasteiger partial charge in [-0.1, -0.05) is 18.5 Å². The lowest BCUT2D eigenvalue weighted by molar-refractivity contribution is -0.136. The second-order valence-electron chi connectivity index (χ2n) is 5.00. The average Bonchev–Trinajstić information content (AvgIpc) is 2.54. The highest BCUT2D eigenvalue weighted by atomic mass is 35.5. The molecule has 0 aliphatic heterocycles. The monoisotopic (exact) mass is 357 g/mol. The largest absolute Gasteiger partial charge is 0.418 e. The highest BCUT2D eigenvalue weighted by Gasteiger charge is 2.33. The van der Waals surface area contributed by atoms with Crippen molar-refractivity contribution in [1.29, 1.82) is 0 Å². The van der Waals surface area contributed by atoms with E-state index in [0.717, 1.165) is 12.5 Å². The van der Waals surface area contributed by atoms with E-state index in [9.17, 15) is 18.0 Å². The number of hydrogen-bond donors (Lipinski definition) is 2. The molecule has 1 aromatic carbocycles. The van der Waals surface area contributed by atoms with E-state index in [2.05, 4.69) is 15.6 Å². The number of nitrogens with one attached hydrogen (secondary N) is 2. The van der Waals surface area contributed by atoms with Crippen molar-refractivity contribution in [2.45, 2.75) is 19.5 Å². The molecule has 0 aliphatic rings. The predicted octanol–water partition coefficient (Wildman–Crippen LogP) is 4.64. The van der Waals surface area contributed by atoms with Gasteiger partial charge in [-0.2, -0.15) is 13.2 Å². The number of amides is 1. The summed E-state index contributed by atoms with van der Waals surface area (Å²) < 4.78 is 39.1. The van der Waals surface area contributed by atoms with E-state index in [1.807, 2.05) is 6.92 Å². The Labute approximate surface area is 142 Å². The molecule has 1 heterocycles. The molecule has 2 aromatic rings. The summed E-state index contributed by atoms with van der Waals surface area (Å²) in [5.41, 5.74) is -0.717. The Morgan fingerprint density at radius 3 is 2.58 bits per heavy atom. The molecule has 4 nitrogen and oxygen atoms in total. The molecule has 0 aliphatic carbocycles. The van der Waals surface area contributed by atoms with Crippen molar-refractivity contribution in [3.05, 3.63) is 52.7 Å². The molecular weight excluding hydrogens is 343 g/mol. The van der Waals surface area contributed by atoms with Crippen molar-refractivity contribution in [1.82, 2.24) is 10.3 Å². The Kier molecular flexibility index (Phi) is 5.66. The van der Waals surface area contributed by atoms with Crippen molar-refractivity contribution in [2.75, 3.05) is 11.9 Å². The Bertz CT molecular complexity index is 717. The molecule has 8 heteroatoms. The maximum absolute atomic E-state index is 13.0. The van der Waals surface area contributed by atoms with Crippen LogP contribution in [0.1, 0.15) is 29.3 Å². The summed E-state index contributed by atoms with van der Waals surface area (Å²) in [6.07, 6.45) is -2.45. The Balaban J connectivity index is 2.19. The molecule has 0 saturated carbocycles. The molecule has 0 radical (unpaired) electrons. The number of halogens is 4. The number of anilines is 2. The number of carbonyl (C=O) groups is 1. The predicted molar refractivity (Wildman–Crippen MR) is 86.6 cm³/mol. The minimum absolute atomic E-state index is 0.0104. The van der Waals surface area contributed by atoms with Crippen LogP contribution in [0.2, 0.25) is 5.02 Å². The molecule has 1 amide bonds. The number of alkyl halides is 3. The highest BCUT2D eigenvalue weighted by molar-refractivity contribution is 6.30. The van der Waals surface area contributed by atoms with Crippen molar-refractivity contribution in [3.63, 3.8) is 0 Å². The number of pyridine rings is 1. The van der Waals surface area contributed by atoms with Gasteiger partial charge in [0.25, 0.3) is 5.91 Å². The second-order valence-corrected chi connectivity index (χ2v) is 5.44. The van der Waals surface area contributed by atoms with E-state index in [4.69, 9.17) is 11.6 Å². The fourth-order valence-electron chi connectivity index (χ4n) is 1.94. The number of hydrogen-bond acceptors (Lipinski definition) is 3. The Hall–Kier alpha value is -2.28. The maximum atomic E-state index is 13.0. The SMILES string of the molecule is CCCNC(=O)c1ccc(Nc2ccc(Cl)cc2C(F)(F)F)nc1. The van der Waals surface area contributed by atoms with Crippen molar-refractivity contribution in [3.8, 4) is 0 Å². The van der Waals surface area contributed by atoms with Crippen LogP contribution in [-0.2, 0) is 6.18 Å². The molecule has 0 fully saturated rings. The summed E-state index contributed by atoms with van der Waals surface area (Å²) in [7, 11) is 0. The van der Waals surface area contributed by atoms with Gasteiger partial charge in [0.05, 0.1) is 16.8 Å². The number of aromatic nitrogens is 1. The van der Waals surface area contributed by atoms with E-state index >= 15 is 0 Å². The van der Waals surface area contributed by atoms with Crippen LogP contribution < -0.4 is 10.6 Å². The van der Waals surface area contributed by atoms with Crippen LogP contribution in [0.3, 0.4) is 0 Å². The number of rotatable bonds is 5. The summed E-state index contributed by atoms with van der Waals surface area (Å²) in [4.78, 5) is 15.7. The molecule has 0 bridgehead atoms. The first-order valence-corrected chi connectivity index (χ1v) is 7.57. The summed E-state index contributed by atoms with van der Waals surface area (Å²) in [6, 6.07) is 6.36. The third kappa shape index (κ3) is 4.61. The van der Waals surface area contributed by atoms with Gasteiger partial charge >= 0.3 is 6.18 Å². The van der Waals surface area contributed by atoms with Crippen molar-refractivity contribution < 1.29 is 18.0 Å². The second kappa shape index (κ2) is 7.53. The van der Waals surface area contributed by atoms with E-state index in [-0.39, 0.29) is 22.4 Å². The van der Waals surface area contributed by atoms with E-state index in [1.54, 1.807) is 0 Å². The van der Waals surface area contributed by atoms with Gasteiger partial charge in [0.15, 0.2) is 0 Å². The van der Waals surface area contributed by atoms with E-state index in [0.29, 0.717) is 12.1 Å². The summed E-state index contributed by atoms with van der Waals surface area (Å²) >= 11 is 5.64. The van der Waals surface area contributed by atoms with Crippen LogP contribution in [-0.4, -0.2) is 17.4 Å². The molecule has 0 saturated heterocycles. The third-order valence-corrected chi connectivity index (χ3v) is 3.35. The van der Waals surface area contributed by atoms with Gasteiger partial charge in [-0.25, -0.2) is 4.98 Å². The fourth-order valence-corrected chi connectivity index (χ4v) is 2.11. The minimum atomic E-state index is -4.55. The molecule has 1 aromatic heterocycles. The fraction of sp³-hybridized carbons (Fsp3) is 0.250. The maximum Gasteiger partial charge on any atom is 0.418 e. The van der Waals surface area contributed by atoms with Gasteiger partial charge in [-0.05, 0) is 36.8 Å². The van der Waals surface area contributed by atoms with Gasteiger partial charge in [0.1, 0.15) is 5.82 Å². The number of nitrogens with zero attached hydrogens (tertiary/aromatic N) is 1. The van der Waals surface area contributed by atoms with Gasteiger partial charge in [0.2, 0.25) is 0 Å². The normalized spacial score (nSPS) is 11.2. The minimum Gasteiger partial charge on any atom is -0.352 e. The molecule has 2 N–H and O–H groups in total. The molecule has 0 spiro atoms. The zero-order valence-electron chi connectivity index (χ0n) is 12.7. The van der Waals surface area contributed by atoms with Crippen LogP contribution in [0.4, 0.5) is 24.7 Å². The topological polar surface area (TPSA) is 54.0 Å². The smallest absolute Gasteiger partial charge is 0.352 e. The van der Waals surface area contributed by atoms with Crippen LogP contribution in [0.5, 0.6) is 0 Å². The Morgan fingerprint density at radius 1 is 1.25 bits per heavy atom. The zero-order valence-corrected chi connectivity index (χ0v) is 13.5. The van der Waals surface area contributed by atoms with Crippen LogP contribution >= 0.6 is 11.6 Å². The number of carbonyl (C=O) groups excluding carboxylic acids is 1. The molecule has 2 rings (SSSR count). The molecular formula is C16H15ClF3N3O. The van der Waals surface area contributed by atoms with Gasteiger partial charge in [0, 0.05) is 17.8 Å². The summed E-state index contributed by atoms with van der Waals surface area (Å²) in [6.45, 7) is 2.47. The van der Waals surface area contributed by atoms with Crippen molar-refractivity contribution in [2.24, 2.45) is 0 Å². The standard InChI is InChI=1S/C16H15ClF3N3O/c1-2-7-21-15(24)10-3-6-14(22-9-10)23-13-5-4-11(17)8-12(13)16(18,19)20/h3-6,8-9H,2,7H2,1H3,(H,21,24)(H,22,23). The molecule has 0 atom stereocenters. The van der Waals surface area contributed by atoms with Crippen LogP contribution in [0.25, 0.3) is 0 Å². The van der Waals surface area contributed by atoms with Crippen LogP contribution in [0.15, 0.2) is 36.5 Å². The average molecular weight is 358 g/mol. The summed E-state index contributed by atoms with van der Waals surface area (Å²) in [5, 5.41) is 5.27. The van der Waals surface area contributed by atoms with Gasteiger partial charge in [-0.15, -0.1) is 0 Å². The lowest BCUT2D eigenvalue weighted by atomic mass is 10.1. The Morgan fingerprint density at radius 2 is 2.00 bits per heavy atom. The quantitative estimate of drug-likeness (QED) is 0.819. The van der Waals surface area contributed by atoms with Gasteiger partial charge in [-0.3, -0.25) is 4.79 Å². The number of benzene rings is 1. The summed E-state index contributed by atoms with van der Waals surface area (Å²) in [5.74, 6) is -0.0896. The lowest BCUT2D eigenvalue weighted by Gasteiger charge is -2.14. The lowest BCUT2D eigenvalue weighted by Crippen LogP contribution is -2.24. The first-order valence-electron chi connectivity index (χ1n) is 7.19. The van der Waals surface area contributed by atoms with Gasteiger partial charge < -0.3 is 10.6 Å². The van der Waals surface area contributed by atoms with E-state index < -0.39 is 11.7 Å². The molecule has 24 heavy (non-hydrogen) atoms. The molecule has 0 unspecified atom stereocenters.